The second-order valence-electron chi connectivity index (χ2n) is 3.18. The fourth-order valence-corrected chi connectivity index (χ4v) is 1.12. The largest absolute Gasteiger partial charge is 0.378 e. The number of terminal acetylenes is 1. The molecule has 16 heavy (non-hydrogen) atoms. The fourth-order valence-electron chi connectivity index (χ4n) is 1.12. The van der Waals surface area contributed by atoms with Crippen molar-refractivity contribution in [3.8, 4) is 12.3 Å². The van der Waals surface area contributed by atoms with Gasteiger partial charge in [0.05, 0.1) is 6.10 Å². The lowest BCUT2D eigenvalue weighted by atomic mass is 10.1. The van der Waals surface area contributed by atoms with E-state index in [0.717, 1.165) is 6.42 Å². The molecule has 0 saturated carbocycles. The molecule has 0 unspecified atom stereocenters. The first-order valence-corrected chi connectivity index (χ1v) is 5.07. The van der Waals surface area contributed by atoms with Crippen LogP contribution in [0.15, 0.2) is 0 Å². The Hall–Kier alpha value is -0.640. The topological polar surface area (TPSA) is 57.2 Å². The van der Waals surface area contributed by atoms with Crippen LogP contribution in [0.3, 0.4) is 0 Å². The van der Waals surface area contributed by atoms with Crippen LogP contribution in [0.2, 0.25) is 0 Å². The molecule has 2 atom stereocenters. The van der Waals surface area contributed by atoms with Crippen molar-refractivity contribution in [2.75, 3.05) is 34.4 Å². The summed E-state index contributed by atoms with van der Waals surface area (Å²) in [7, 11) is 3.08. The minimum atomic E-state index is -0.919. The van der Waals surface area contributed by atoms with Gasteiger partial charge in [-0.3, -0.25) is 0 Å². The minimum Gasteiger partial charge on any atom is -0.378 e. The molecule has 0 heterocycles. The third kappa shape index (κ3) is 7.63. The molecule has 0 saturated heterocycles. The first kappa shape index (κ1) is 15.4. The van der Waals surface area contributed by atoms with E-state index in [1.54, 1.807) is 7.11 Å². The van der Waals surface area contributed by atoms with Crippen LogP contribution in [0, 0.1) is 12.3 Å². The molecule has 94 valence electrons. The van der Waals surface area contributed by atoms with Crippen molar-refractivity contribution >= 4 is 0 Å². The van der Waals surface area contributed by atoms with Gasteiger partial charge >= 0.3 is 0 Å². The highest BCUT2D eigenvalue weighted by molar-refractivity contribution is 4.97. The van der Waals surface area contributed by atoms with Gasteiger partial charge < -0.3 is 24.1 Å². The second kappa shape index (κ2) is 10.9. The van der Waals surface area contributed by atoms with Gasteiger partial charge in [-0.2, -0.15) is 0 Å². The standard InChI is InChI=1S/C11H20O5/c1-4-10(12)11(16-9-14-3)6-5-7-15-8-13-2/h1,10-12H,5-9H2,2-3H3/t10-,11+/m1/s1. The molecular weight excluding hydrogens is 212 g/mol. The number of aliphatic hydroxyl groups is 1. The summed E-state index contributed by atoms with van der Waals surface area (Å²) >= 11 is 0. The highest BCUT2D eigenvalue weighted by atomic mass is 16.7. The molecule has 0 aliphatic rings. The minimum absolute atomic E-state index is 0.113. The van der Waals surface area contributed by atoms with Gasteiger partial charge in [-0.15, -0.1) is 6.42 Å². The Kier molecular flexibility index (Phi) is 10.4. The van der Waals surface area contributed by atoms with Gasteiger partial charge in [0, 0.05) is 20.8 Å². The van der Waals surface area contributed by atoms with E-state index in [1.807, 2.05) is 0 Å². The molecule has 0 aliphatic heterocycles. The third-order valence-corrected chi connectivity index (χ3v) is 1.90. The van der Waals surface area contributed by atoms with Gasteiger partial charge in [0.15, 0.2) is 0 Å². The van der Waals surface area contributed by atoms with Gasteiger partial charge in [-0.05, 0) is 12.8 Å². The van der Waals surface area contributed by atoms with Crippen LogP contribution >= 0.6 is 0 Å². The highest BCUT2D eigenvalue weighted by Crippen LogP contribution is 2.07. The molecule has 0 aromatic heterocycles. The van der Waals surface area contributed by atoms with Crippen LogP contribution in [-0.2, 0) is 18.9 Å². The number of hydrogen-bond acceptors (Lipinski definition) is 5. The zero-order valence-electron chi connectivity index (χ0n) is 9.85. The molecule has 5 nitrogen and oxygen atoms in total. The van der Waals surface area contributed by atoms with E-state index in [2.05, 4.69) is 5.92 Å². The van der Waals surface area contributed by atoms with Gasteiger partial charge in [0.25, 0.3) is 0 Å². The monoisotopic (exact) mass is 232 g/mol. The molecule has 0 aromatic rings. The lowest BCUT2D eigenvalue weighted by molar-refractivity contribution is -0.106. The molecule has 0 amide bonds. The lowest BCUT2D eigenvalue weighted by Crippen LogP contribution is -2.28. The number of rotatable bonds is 10. The molecule has 0 bridgehead atoms. The number of aliphatic hydroxyl groups excluding tert-OH is 1. The molecule has 0 radical (unpaired) electrons. The Labute approximate surface area is 96.6 Å². The zero-order valence-corrected chi connectivity index (χ0v) is 9.85. The molecule has 0 aromatic carbocycles. The molecule has 1 N–H and O–H groups in total. The Morgan fingerprint density at radius 2 is 1.94 bits per heavy atom. The molecule has 0 spiro atoms. The number of hydrogen-bond donors (Lipinski definition) is 1. The molecule has 0 rings (SSSR count). The predicted octanol–water partition coefficient (Wildman–Crippen LogP) is 0.370. The average Bonchev–Trinajstić information content (AvgIpc) is 2.31. The van der Waals surface area contributed by atoms with Crippen molar-refractivity contribution < 1.29 is 24.1 Å². The van der Waals surface area contributed by atoms with Crippen LogP contribution in [0.1, 0.15) is 12.8 Å². The van der Waals surface area contributed by atoms with E-state index in [-0.39, 0.29) is 13.6 Å². The predicted molar refractivity (Wildman–Crippen MR) is 58.7 cm³/mol. The lowest BCUT2D eigenvalue weighted by Gasteiger charge is -2.19. The molecule has 0 fully saturated rings. The van der Waals surface area contributed by atoms with E-state index in [4.69, 9.17) is 25.4 Å². The summed E-state index contributed by atoms with van der Waals surface area (Å²) in [6.07, 6.45) is 5.13. The van der Waals surface area contributed by atoms with Crippen LogP contribution in [0.25, 0.3) is 0 Å². The summed E-state index contributed by atoms with van der Waals surface area (Å²) in [6.45, 7) is 0.918. The smallest absolute Gasteiger partial charge is 0.146 e. The quantitative estimate of drug-likeness (QED) is 0.335. The van der Waals surface area contributed by atoms with Crippen molar-refractivity contribution in [3.63, 3.8) is 0 Å². The molecule has 0 aliphatic carbocycles. The highest BCUT2D eigenvalue weighted by Gasteiger charge is 2.17. The maximum Gasteiger partial charge on any atom is 0.146 e. The summed E-state index contributed by atoms with van der Waals surface area (Å²) in [5.41, 5.74) is 0. The van der Waals surface area contributed by atoms with Gasteiger partial charge in [-0.1, -0.05) is 5.92 Å². The van der Waals surface area contributed by atoms with Crippen molar-refractivity contribution in [1.82, 2.24) is 0 Å². The van der Waals surface area contributed by atoms with Gasteiger partial charge in [0.2, 0.25) is 0 Å². The van der Waals surface area contributed by atoms with E-state index in [9.17, 15) is 5.11 Å². The van der Waals surface area contributed by atoms with Crippen LogP contribution in [-0.4, -0.2) is 51.7 Å². The van der Waals surface area contributed by atoms with E-state index in [1.165, 1.54) is 7.11 Å². The van der Waals surface area contributed by atoms with E-state index < -0.39 is 12.2 Å². The van der Waals surface area contributed by atoms with Crippen LogP contribution in [0.4, 0.5) is 0 Å². The summed E-state index contributed by atoms with van der Waals surface area (Å²) in [4.78, 5) is 0. The van der Waals surface area contributed by atoms with Gasteiger partial charge in [-0.25, -0.2) is 0 Å². The Bertz CT molecular complexity index is 189. The fraction of sp³-hybridized carbons (Fsp3) is 0.818. The Morgan fingerprint density at radius 3 is 2.50 bits per heavy atom. The van der Waals surface area contributed by atoms with Crippen molar-refractivity contribution in [2.45, 2.75) is 25.0 Å². The number of ether oxygens (including phenoxy) is 4. The van der Waals surface area contributed by atoms with Crippen molar-refractivity contribution in [2.24, 2.45) is 0 Å². The number of methoxy groups -OCH3 is 2. The maximum absolute atomic E-state index is 9.46. The Morgan fingerprint density at radius 1 is 1.25 bits per heavy atom. The van der Waals surface area contributed by atoms with Crippen molar-refractivity contribution in [1.29, 1.82) is 0 Å². The first-order valence-electron chi connectivity index (χ1n) is 5.07. The van der Waals surface area contributed by atoms with Crippen LogP contribution < -0.4 is 0 Å². The normalized spacial score (nSPS) is 14.4. The zero-order chi connectivity index (χ0) is 12.2. The van der Waals surface area contributed by atoms with E-state index >= 15 is 0 Å². The first-order chi connectivity index (χ1) is 7.76. The summed E-state index contributed by atoms with van der Waals surface area (Å²) < 4.78 is 19.8. The van der Waals surface area contributed by atoms with Crippen LogP contribution in [0.5, 0.6) is 0 Å². The third-order valence-electron chi connectivity index (χ3n) is 1.90. The van der Waals surface area contributed by atoms with Crippen molar-refractivity contribution in [3.05, 3.63) is 0 Å². The molecular formula is C11H20O5. The van der Waals surface area contributed by atoms with Gasteiger partial charge in [0.1, 0.15) is 19.7 Å². The summed E-state index contributed by atoms with van der Waals surface area (Å²) in [5, 5.41) is 9.46. The average molecular weight is 232 g/mol. The maximum atomic E-state index is 9.46. The second-order valence-corrected chi connectivity index (χ2v) is 3.18. The molecule has 5 heteroatoms. The van der Waals surface area contributed by atoms with E-state index in [0.29, 0.717) is 13.0 Å². The summed E-state index contributed by atoms with van der Waals surface area (Å²) in [6, 6.07) is 0. The SMILES string of the molecule is C#C[C@@H](O)[C@H](CCCOCOC)OCOC. The summed E-state index contributed by atoms with van der Waals surface area (Å²) in [5.74, 6) is 2.24. The Balaban J connectivity index is 3.70.